The lowest BCUT2D eigenvalue weighted by molar-refractivity contribution is -0.162. The van der Waals surface area contributed by atoms with Crippen LogP contribution in [0.2, 0.25) is 0 Å². The quantitative estimate of drug-likeness (QED) is 0.575. The fourth-order valence-electron chi connectivity index (χ4n) is 5.74. The molecular formula is C21H26F3N3O4. The zero-order valence-electron chi connectivity index (χ0n) is 17.0. The van der Waals surface area contributed by atoms with Crippen molar-refractivity contribution >= 4 is 11.9 Å². The van der Waals surface area contributed by atoms with E-state index in [1.165, 1.54) is 6.07 Å². The van der Waals surface area contributed by atoms with Crippen molar-refractivity contribution in [1.82, 2.24) is 15.5 Å². The Morgan fingerprint density at radius 1 is 1.23 bits per heavy atom. The molecule has 10 heteroatoms. The normalized spacial score (nSPS) is 31.4. The van der Waals surface area contributed by atoms with Crippen molar-refractivity contribution in [2.45, 2.75) is 61.8 Å². The van der Waals surface area contributed by atoms with Gasteiger partial charge in [-0.05, 0) is 62.0 Å². The van der Waals surface area contributed by atoms with Crippen LogP contribution in [0.3, 0.4) is 0 Å². The standard InChI is InChI=1S/C21H26F3N3O4/c22-21(23,24)4-1-8-27-9-6-19-12-17(29)26-18(30)25-7-5-20(19,31)16(27)10-13-2-3-14(28)11-15(13)19/h2-3,11,16,28,31H,1,4-10,12H2,(H2,25,26,29,30). The van der Waals surface area contributed by atoms with Crippen LogP contribution in [0.15, 0.2) is 18.2 Å². The number of phenolic OH excluding ortho intramolecular Hbond substituents is 1. The lowest BCUT2D eigenvalue weighted by Crippen LogP contribution is -2.72. The first-order valence-electron chi connectivity index (χ1n) is 10.5. The van der Waals surface area contributed by atoms with E-state index in [2.05, 4.69) is 10.6 Å². The van der Waals surface area contributed by atoms with Gasteiger partial charge in [-0.3, -0.25) is 15.0 Å². The second-order valence-corrected chi connectivity index (χ2v) is 8.80. The maximum absolute atomic E-state index is 12.7. The highest BCUT2D eigenvalue weighted by molar-refractivity contribution is 5.95. The fraction of sp³-hybridized carbons (Fsp3) is 0.619. The summed E-state index contributed by atoms with van der Waals surface area (Å²) >= 11 is 0. The molecule has 1 aliphatic carbocycles. The van der Waals surface area contributed by atoms with Crippen molar-refractivity contribution in [3.63, 3.8) is 0 Å². The number of fused-ring (bicyclic) bond motifs is 1. The zero-order valence-corrected chi connectivity index (χ0v) is 17.0. The van der Waals surface area contributed by atoms with Crippen LogP contribution in [0.5, 0.6) is 5.75 Å². The highest BCUT2D eigenvalue weighted by Gasteiger charge is 2.63. The van der Waals surface area contributed by atoms with Gasteiger partial charge in [0.1, 0.15) is 5.75 Å². The molecule has 3 unspecified atom stereocenters. The van der Waals surface area contributed by atoms with Crippen LogP contribution in [-0.4, -0.2) is 64.5 Å². The molecule has 31 heavy (non-hydrogen) atoms. The summed E-state index contributed by atoms with van der Waals surface area (Å²) in [6, 6.07) is 3.69. The summed E-state index contributed by atoms with van der Waals surface area (Å²) in [5.41, 5.74) is -0.995. The molecule has 1 aromatic rings. The van der Waals surface area contributed by atoms with Gasteiger partial charge >= 0.3 is 12.2 Å². The number of benzene rings is 1. The Labute approximate surface area is 177 Å². The average Bonchev–Trinajstić information content (AvgIpc) is 2.70. The first-order chi connectivity index (χ1) is 14.5. The predicted molar refractivity (Wildman–Crippen MR) is 104 cm³/mol. The molecule has 3 amide bonds. The maximum atomic E-state index is 12.7. The average molecular weight is 441 g/mol. The molecular weight excluding hydrogens is 415 g/mol. The Morgan fingerprint density at radius 3 is 2.74 bits per heavy atom. The molecule has 0 radical (unpaired) electrons. The molecule has 2 fully saturated rings. The highest BCUT2D eigenvalue weighted by Crippen LogP contribution is 2.55. The number of hydrogen-bond donors (Lipinski definition) is 4. The Balaban J connectivity index is 1.76. The van der Waals surface area contributed by atoms with E-state index < -0.39 is 41.6 Å². The third kappa shape index (κ3) is 3.87. The third-order valence-electron chi connectivity index (χ3n) is 7.08. The molecule has 2 heterocycles. The molecule has 170 valence electrons. The number of amides is 3. The van der Waals surface area contributed by atoms with E-state index in [9.17, 15) is 33.0 Å². The van der Waals surface area contributed by atoms with Gasteiger partial charge in [-0.15, -0.1) is 0 Å². The largest absolute Gasteiger partial charge is 0.508 e. The van der Waals surface area contributed by atoms with Crippen LogP contribution in [-0.2, 0) is 16.6 Å². The van der Waals surface area contributed by atoms with Gasteiger partial charge in [0, 0.05) is 30.8 Å². The molecule has 0 aromatic heterocycles. The Hall–Kier alpha value is -2.33. The first-order valence-corrected chi connectivity index (χ1v) is 10.5. The molecule has 3 atom stereocenters. The van der Waals surface area contributed by atoms with E-state index in [4.69, 9.17) is 0 Å². The molecule has 3 aliphatic rings. The van der Waals surface area contributed by atoms with E-state index >= 15 is 0 Å². The number of rotatable bonds is 3. The SMILES string of the molecule is O=C1CC23CCN(CCCC(F)(F)F)C(Cc4ccc(O)cc42)C3(O)CCNC(=O)N1. The number of phenols is 1. The van der Waals surface area contributed by atoms with Gasteiger partial charge in [0.25, 0.3) is 0 Å². The maximum Gasteiger partial charge on any atom is 0.389 e. The van der Waals surface area contributed by atoms with Crippen LogP contribution in [0.4, 0.5) is 18.0 Å². The van der Waals surface area contributed by atoms with E-state index in [0.717, 1.165) is 5.56 Å². The third-order valence-corrected chi connectivity index (χ3v) is 7.08. The van der Waals surface area contributed by atoms with Gasteiger partial charge in [0.15, 0.2) is 0 Å². The number of carbonyl (C=O) groups excluding carboxylic acids is 2. The van der Waals surface area contributed by atoms with Crippen LogP contribution < -0.4 is 10.6 Å². The van der Waals surface area contributed by atoms with Gasteiger partial charge in [-0.2, -0.15) is 13.2 Å². The lowest BCUT2D eigenvalue weighted by Gasteiger charge is -2.61. The van der Waals surface area contributed by atoms with Gasteiger partial charge in [0.05, 0.1) is 5.60 Å². The molecule has 7 nitrogen and oxygen atoms in total. The number of aromatic hydroxyl groups is 1. The lowest BCUT2D eigenvalue weighted by atomic mass is 9.52. The van der Waals surface area contributed by atoms with Crippen LogP contribution in [0.25, 0.3) is 0 Å². The minimum absolute atomic E-state index is 0.0102. The summed E-state index contributed by atoms with van der Waals surface area (Å²) in [6.07, 6.45) is -4.53. The first kappa shape index (κ1) is 21.9. The predicted octanol–water partition coefficient (Wildman–Crippen LogP) is 1.95. The number of carbonyl (C=O) groups is 2. The Morgan fingerprint density at radius 2 is 2.00 bits per heavy atom. The zero-order chi connectivity index (χ0) is 22.4. The smallest absolute Gasteiger partial charge is 0.389 e. The fourth-order valence-corrected chi connectivity index (χ4v) is 5.74. The Kier molecular flexibility index (Phi) is 5.41. The van der Waals surface area contributed by atoms with Gasteiger partial charge < -0.3 is 15.5 Å². The van der Waals surface area contributed by atoms with Crippen molar-refractivity contribution in [1.29, 1.82) is 0 Å². The number of piperidine rings is 1. The highest BCUT2D eigenvalue weighted by atomic mass is 19.4. The number of halogens is 3. The topological polar surface area (TPSA) is 102 Å². The number of hydrogen-bond acceptors (Lipinski definition) is 5. The van der Waals surface area contributed by atoms with Crippen molar-refractivity contribution in [2.24, 2.45) is 0 Å². The van der Waals surface area contributed by atoms with Gasteiger partial charge in [0.2, 0.25) is 5.91 Å². The summed E-state index contributed by atoms with van der Waals surface area (Å²) in [5, 5.41) is 27.1. The van der Waals surface area contributed by atoms with Crippen molar-refractivity contribution in [3.05, 3.63) is 29.3 Å². The molecule has 4 N–H and O–H groups in total. The van der Waals surface area contributed by atoms with Crippen LogP contribution >= 0.6 is 0 Å². The van der Waals surface area contributed by atoms with E-state index in [-0.39, 0.29) is 38.1 Å². The van der Waals surface area contributed by atoms with E-state index in [0.29, 0.717) is 24.9 Å². The number of nitrogens with zero attached hydrogens (tertiary/aromatic N) is 1. The molecule has 2 saturated heterocycles. The van der Waals surface area contributed by atoms with E-state index in [1.54, 1.807) is 12.1 Å². The molecule has 2 aliphatic heterocycles. The van der Waals surface area contributed by atoms with E-state index in [1.807, 2.05) is 4.90 Å². The summed E-state index contributed by atoms with van der Waals surface area (Å²) < 4.78 is 38.1. The van der Waals surface area contributed by atoms with Crippen molar-refractivity contribution in [2.75, 3.05) is 19.6 Å². The van der Waals surface area contributed by atoms with Crippen molar-refractivity contribution < 1.29 is 33.0 Å². The Bertz CT molecular complexity index is 893. The summed E-state index contributed by atoms with van der Waals surface area (Å²) in [5.74, 6) is -0.533. The number of nitrogens with one attached hydrogen (secondary N) is 2. The number of likely N-dealkylation sites (tertiary alicyclic amines) is 1. The van der Waals surface area contributed by atoms with Crippen LogP contribution in [0.1, 0.15) is 43.2 Å². The van der Waals surface area contributed by atoms with Gasteiger partial charge in [-0.1, -0.05) is 6.07 Å². The minimum atomic E-state index is -4.24. The number of urea groups is 1. The summed E-state index contributed by atoms with van der Waals surface area (Å²) in [6.45, 7) is 0.696. The van der Waals surface area contributed by atoms with Crippen molar-refractivity contribution in [3.8, 4) is 5.75 Å². The number of imide groups is 1. The summed E-state index contributed by atoms with van der Waals surface area (Å²) in [4.78, 5) is 26.5. The van der Waals surface area contributed by atoms with Gasteiger partial charge in [-0.25, -0.2) is 4.79 Å². The molecule has 2 bridgehead atoms. The number of alkyl halides is 3. The molecule has 0 saturated carbocycles. The number of aliphatic hydroxyl groups is 1. The molecule has 1 aromatic carbocycles. The van der Waals surface area contributed by atoms with Crippen LogP contribution in [0, 0.1) is 0 Å². The summed E-state index contributed by atoms with van der Waals surface area (Å²) in [7, 11) is 0. The molecule has 4 rings (SSSR count). The minimum Gasteiger partial charge on any atom is -0.508 e. The monoisotopic (exact) mass is 441 g/mol. The second kappa shape index (κ2) is 7.67. The second-order valence-electron chi connectivity index (χ2n) is 8.80. The molecule has 0 spiro atoms.